The predicted molar refractivity (Wildman–Crippen MR) is 46.5 cm³/mol. The van der Waals surface area contributed by atoms with Crippen LogP contribution in [0.2, 0.25) is 0 Å². The van der Waals surface area contributed by atoms with Crippen LogP contribution in [-0.2, 0) is 6.54 Å². The van der Waals surface area contributed by atoms with Crippen LogP contribution < -0.4 is 5.73 Å². The molecular weight excluding hydrogens is 195 g/mol. The second-order valence-corrected chi connectivity index (χ2v) is 3.39. The summed E-state index contributed by atoms with van der Waals surface area (Å²) in [4.78, 5) is 0. The zero-order chi connectivity index (χ0) is 10.8. The molecule has 0 radical (unpaired) electrons. The lowest BCUT2D eigenvalue weighted by molar-refractivity contribution is -0.144. The van der Waals surface area contributed by atoms with E-state index in [-0.39, 0.29) is 6.54 Å². The van der Waals surface area contributed by atoms with E-state index in [1.54, 1.807) is 12.3 Å². The second kappa shape index (κ2) is 3.89. The standard InChI is InChI=1S/C8H12F3N3/c1-6(4-8(9,10)11)5-14-3-2-7(12)13-14/h2-3,6H,4-5H2,1H3,(H2,12,13). The van der Waals surface area contributed by atoms with E-state index in [9.17, 15) is 13.2 Å². The highest BCUT2D eigenvalue weighted by molar-refractivity contribution is 5.23. The Morgan fingerprint density at radius 2 is 2.21 bits per heavy atom. The van der Waals surface area contributed by atoms with Crippen molar-refractivity contribution in [3.63, 3.8) is 0 Å². The Kier molecular flexibility index (Phi) is 3.03. The van der Waals surface area contributed by atoms with Crippen LogP contribution in [0.25, 0.3) is 0 Å². The zero-order valence-corrected chi connectivity index (χ0v) is 7.75. The van der Waals surface area contributed by atoms with Crippen molar-refractivity contribution in [2.75, 3.05) is 5.73 Å². The number of nitrogens with two attached hydrogens (primary N) is 1. The lowest BCUT2D eigenvalue weighted by Crippen LogP contribution is -2.17. The van der Waals surface area contributed by atoms with Crippen LogP contribution in [-0.4, -0.2) is 16.0 Å². The summed E-state index contributed by atoms with van der Waals surface area (Å²) in [6.45, 7) is 1.77. The molecule has 1 heterocycles. The maximum absolute atomic E-state index is 12.0. The molecule has 0 spiro atoms. The van der Waals surface area contributed by atoms with Crippen molar-refractivity contribution < 1.29 is 13.2 Å². The monoisotopic (exact) mass is 207 g/mol. The van der Waals surface area contributed by atoms with E-state index >= 15 is 0 Å². The average molecular weight is 207 g/mol. The average Bonchev–Trinajstić information content (AvgIpc) is 2.30. The van der Waals surface area contributed by atoms with Crippen molar-refractivity contribution in [3.8, 4) is 0 Å². The summed E-state index contributed by atoms with van der Waals surface area (Å²) in [6, 6.07) is 1.56. The van der Waals surface area contributed by atoms with Crippen molar-refractivity contribution in [2.24, 2.45) is 5.92 Å². The van der Waals surface area contributed by atoms with Crippen molar-refractivity contribution in [2.45, 2.75) is 26.1 Å². The zero-order valence-electron chi connectivity index (χ0n) is 7.75. The fourth-order valence-corrected chi connectivity index (χ4v) is 1.26. The van der Waals surface area contributed by atoms with E-state index in [0.29, 0.717) is 5.82 Å². The van der Waals surface area contributed by atoms with E-state index in [4.69, 9.17) is 5.73 Å². The highest BCUT2D eigenvalue weighted by atomic mass is 19.4. The number of hydrogen-bond donors (Lipinski definition) is 1. The maximum Gasteiger partial charge on any atom is 0.389 e. The van der Waals surface area contributed by atoms with Crippen LogP contribution in [0.15, 0.2) is 12.3 Å². The van der Waals surface area contributed by atoms with Gasteiger partial charge in [-0.2, -0.15) is 18.3 Å². The molecule has 1 rings (SSSR count). The van der Waals surface area contributed by atoms with Crippen LogP contribution in [0.5, 0.6) is 0 Å². The molecule has 0 fully saturated rings. The Balaban J connectivity index is 2.45. The molecule has 0 aliphatic carbocycles. The third kappa shape index (κ3) is 3.68. The van der Waals surface area contributed by atoms with Gasteiger partial charge in [-0.05, 0) is 12.0 Å². The lowest BCUT2D eigenvalue weighted by Gasteiger charge is -2.13. The summed E-state index contributed by atoms with van der Waals surface area (Å²) in [6.07, 6.45) is -3.34. The van der Waals surface area contributed by atoms with Crippen LogP contribution in [0.3, 0.4) is 0 Å². The second-order valence-electron chi connectivity index (χ2n) is 3.39. The van der Waals surface area contributed by atoms with Crippen LogP contribution in [0.1, 0.15) is 13.3 Å². The Morgan fingerprint density at radius 3 is 2.64 bits per heavy atom. The van der Waals surface area contributed by atoms with Gasteiger partial charge in [-0.3, -0.25) is 4.68 Å². The number of alkyl halides is 3. The van der Waals surface area contributed by atoms with Gasteiger partial charge >= 0.3 is 6.18 Å². The van der Waals surface area contributed by atoms with Gasteiger partial charge in [0, 0.05) is 19.2 Å². The molecule has 0 aliphatic heterocycles. The molecule has 1 aromatic rings. The molecule has 14 heavy (non-hydrogen) atoms. The van der Waals surface area contributed by atoms with Gasteiger partial charge in [-0.1, -0.05) is 6.92 Å². The first kappa shape index (κ1) is 10.9. The first-order valence-electron chi connectivity index (χ1n) is 4.22. The molecule has 6 heteroatoms. The molecule has 0 saturated heterocycles. The van der Waals surface area contributed by atoms with Gasteiger partial charge in [0.25, 0.3) is 0 Å². The number of rotatable bonds is 3. The molecule has 0 bridgehead atoms. The normalized spacial score (nSPS) is 14.3. The lowest BCUT2D eigenvalue weighted by atomic mass is 10.1. The number of nitrogens with zero attached hydrogens (tertiary/aromatic N) is 2. The van der Waals surface area contributed by atoms with Gasteiger partial charge < -0.3 is 5.73 Å². The minimum Gasteiger partial charge on any atom is -0.382 e. The minimum atomic E-state index is -4.11. The number of anilines is 1. The van der Waals surface area contributed by atoms with E-state index in [1.807, 2.05) is 0 Å². The summed E-state index contributed by atoms with van der Waals surface area (Å²) < 4.78 is 37.3. The van der Waals surface area contributed by atoms with E-state index in [0.717, 1.165) is 0 Å². The summed E-state index contributed by atoms with van der Waals surface area (Å²) in [5, 5.41) is 3.81. The molecule has 80 valence electrons. The molecule has 1 aromatic heterocycles. The van der Waals surface area contributed by atoms with Gasteiger partial charge in [0.15, 0.2) is 0 Å². The van der Waals surface area contributed by atoms with E-state index in [2.05, 4.69) is 5.10 Å². The van der Waals surface area contributed by atoms with Crippen molar-refractivity contribution in [1.29, 1.82) is 0 Å². The largest absolute Gasteiger partial charge is 0.389 e. The van der Waals surface area contributed by atoms with Crippen molar-refractivity contribution in [1.82, 2.24) is 9.78 Å². The third-order valence-electron chi connectivity index (χ3n) is 1.74. The Hall–Kier alpha value is -1.20. The summed E-state index contributed by atoms with van der Waals surface area (Å²) in [5.74, 6) is -0.168. The number of aromatic nitrogens is 2. The Bertz CT molecular complexity index is 292. The van der Waals surface area contributed by atoms with E-state index in [1.165, 1.54) is 11.6 Å². The topological polar surface area (TPSA) is 43.8 Å². The van der Waals surface area contributed by atoms with Gasteiger partial charge in [0.1, 0.15) is 5.82 Å². The number of halogens is 3. The smallest absolute Gasteiger partial charge is 0.382 e. The molecule has 1 unspecified atom stereocenters. The first-order valence-corrected chi connectivity index (χ1v) is 4.22. The van der Waals surface area contributed by atoms with Crippen LogP contribution in [0.4, 0.5) is 19.0 Å². The van der Waals surface area contributed by atoms with Crippen molar-refractivity contribution >= 4 is 5.82 Å². The molecule has 2 N–H and O–H groups in total. The highest BCUT2D eigenvalue weighted by Gasteiger charge is 2.29. The minimum absolute atomic E-state index is 0.233. The van der Waals surface area contributed by atoms with Crippen molar-refractivity contribution in [3.05, 3.63) is 12.3 Å². The van der Waals surface area contributed by atoms with Gasteiger partial charge in [-0.25, -0.2) is 0 Å². The van der Waals surface area contributed by atoms with Crippen LogP contribution >= 0.6 is 0 Å². The predicted octanol–water partition coefficient (Wildman–Crippen LogP) is 2.05. The van der Waals surface area contributed by atoms with Gasteiger partial charge in [-0.15, -0.1) is 0 Å². The third-order valence-corrected chi connectivity index (χ3v) is 1.74. The maximum atomic E-state index is 12.0. The summed E-state index contributed by atoms with van der Waals surface area (Å²) in [5.41, 5.74) is 5.33. The molecule has 0 saturated carbocycles. The summed E-state index contributed by atoms with van der Waals surface area (Å²) in [7, 11) is 0. The molecule has 3 nitrogen and oxygen atoms in total. The van der Waals surface area contributed by atoms with E-state index < -0.39 is 18.5 Å². The molecule has 0 aliphatic rings. The Labute approximate surface area is 79.7 Å². The van der Waals surface area contributed by atoms with Crippen LogP contribution in [0, 0.1) is 5.92 Å². The fourth-order valence-electron chi connectivity index (χ4n) is 1.26. The van der Waals surface area contributed by atoms with Gasteiger partial charge in [0.2, 0.25) is 0 Å². The fraction of sp³-hybridized carbons (Fsp3) is 0.625. The van der Waals surface area contributed by atoms with Gasteiger partial charge in [0.05, 0.1) is 0 Å². The highest BCUT2D eigenvalue weighted by Crippen LogP contribution is 2.25. The Morgan fingerprint density at radius 1 is 1.57 bits per heavy atom. The quantitative estimate of drug-likeness (QED) is 0.824. The molecular formula is C8H12F3N3. The molecule has 0 amide bonds. The number of hydrogen-bond acceptors (Lipinski definition) is 2. The first-order chi connectivity index (χ1) is 6.37. The number of nitrogen functional groups attached to an aromatic ring is 1. The molecule has 0 aromatic carbocycles. The SMILES string of the molecule is CC(Cn1ccc(N)n1)CC(F)(F)F. The molecule has 1 atom stereocenters. The summed E-state index contributed by atoms with van der Waals surface area (Å²) >= 11 is 0.